The van der Waals surface area contributed by atoms with E-state index in [9.17, 15) is 4.79 Å². The molecular formula is C13H20N2O. The van der Waals surface area contributed by atoms with Gasteiger partial charge in [-0.1, -0.05) is 23.8 Å². The zero-order valence-corrected chi connectivity index (χ0v) is 10.4. The standard InChI is InChI=1S/C13H20N2O/c1-8-5-6-9(2)12(7-8)10(3)15-11(4)13(14)16/h5-7,10-11,15H,1-4H3,(H2,14,16). The number of hydrogen-bond donors (Lipinski definition) is 2. The summed E-state index contributed by atoms with van der Waals surface area (Å²) < 4.78 is 0. The van der Waals surface area contributed by atoms with Crippen LogP contribution in [0.25, 0.3) is 0 Å². The van der Waals surface area contributed by atoms with E-state index in [-0.39, 0.29) is 18.0 Å². The molecule has 1 aromatic rings. The van der Waals surface area contributed by atoms with Crippen molar-refractivity contribution in [3.05, 3.63) is 34.9 Å². The van der Waals surface area contributed by atoms with Crippen molar-refractivity contribution in [2.45, 2.75) is 39.8 Å². The second-order valence-corrected chi connectivity index (χ2v) is 4.37. The summed E-state index contributed by atoms with van der Waals surface area (Å²) in [6.45, 7) is 7.96. The van der Waals surface area contributed by atoms with E-state index in [2.05, 4.69) is 37.4 Å². The zero-order valence-electron chi connectivity index (χ0n) is 10.4. The topological polar surface area (TPSA) is 55.1 Å². The fourth-order valence-corrected chi connectivity index (χ4v) is 1.77. The van der Waals surface area contributed by atoms with Gasteiger partial charge in [0, 0.05) is 6.04 Å². The van der Waals surface area contributed by atoms with Crippen LogP contribution in [0.1, 0.15) is 36.6 Å². The lowest BCUT2D eigenvalue weighted by Crippen LogP contribution is -2.40. The van der Waals surface area contributed by atoms with Gasteiger partial charge in [0.1, 0.15) is 0 Å². The fraction of sp³-hybridized carbons (Fsp3) is 0.462. The summed E-state index contributed by atoms with van der Waals surface area (Å²) in [4.78, 5) is 11.0. The highest BCUT2D eigenvalue weighted by atomic mass is 16.1. The molecule has 0 saturated heterocycles. The second-order valence-electron chi connectivity index (χ2n) is 4.37. The van der Waals surface area contributed by atoms with Crippen molar-refractivity contribution in [3.63, 3.8) is 0 Å². The zero-order chi connectivity index (χ0) is 12.3. The van der Waals surface area contributed by atoms with Gasteiger partial charge in [-0.2, -0.15) is 0 Å². The molecule has 3 nitrogen and oxygen atoms in total. The van der Waals surface area contributed by atoms with Crippen molar-refractivity contribution >= 4 is 5.91 Å². The lowest BCUT2D eigenvalue weighted by molar-refractivity contribution is -0.119. The molecule has 3 heteroatoms. The number of benzene rings is 1. The highest BCUT2D eigenvalue weighted by molar-refractivity contribution is 5.79. The van der Waals surface area contributed by atoms with Crippen LogP contribution in [0.4, 0.5) is 0 Å². The van der Waals surface area contributed by atoms with Gasteiger partial charge >= 0.3 is 0 Å². The third kappa shape index (κ3) is 3.07. The van der Waals surface area contributed by atoms with Gasteiger partial charge in [0.05, 0.1) is 6.04 Å². The number of nitrogens with one attached hydrogen (secondary N) is 1. The lowest BCUT2D eigenvalue weighted by Gasteiger charge is -2.20. The SMILES string of the molecule is Cc1ccc(C)c(C(C)NC(C)C(N)=O)c1. The smallest absolute Gasteiger partial charge is 0.234 e. The monoisotopic (exact) mass is 220 g/mol. The molecule has 0 aliphatic heterocycles. The molecule has 1 rings (SSSR count). The molecule has 0 fully saturated rings. The van der Waals surface area contributed by atoms with Crippen molar-refractivity contribution in [1.82, 2.24) is 5.32 Å². The van der Waals surface area contributed by atoms with E-state index < -0.39 is 0 Å². The number of carbonyl (C=O) groups excluding carboxylic acids is 1. The van der Waals surface area contributed by atoms with Crippen LogP contribution in [0.2, 0.25) is 0 Å². The predicted octanol–water partition coefficient (Wildman–Crippen LogP) is 1.83. The fourth-order valence-electron chi connectivity index (χ4n) is 1.77. The molecule has 0 bridgehead atoms. The van der Waals surface area contributed by atoms with Crippen LogP contribution in [0.15, 0.2) is 18.2 Å². The Morgan fingerprint density at radius 2 is 1.94 bits per heavy atom. The van der Waals surface area contributed by atoms with E-state index >= 15 is 0 Å². The molecule has 1 aromatic carbocycles. The Bertz CT molecular complexity index is 388. The van der Waals surface area contributed by atoms with Crippen LogP contribution in [0.3, 0.4) is 0 Å². The first kappa shape index (κ1) is 12.7. The normalized spacial score (nSPS) is 14.5. The first-order chi connectivity index (χ1) is 7.41. The molecule has 0 spiro atoms. The van der Waals surface area contributed by atoms with Crippen LogP contribution in [-0.2, 0) is 4.79 Å². The van der Waals surface area contributed by atoms with Crippen molar-refractivity contribution in [3.8, 4) is 0 Å². The van der Waals surface area contributed by atoms with Crippen molar-refractivity contribution in [2.75, 3.05) is 0 Å². The molecule has 0 aliphatic rings. The number of carbonyl (C=O) groups is 1. The minimum absolute atomic E-state index is 0.127. The Labute approximate surface area is 97.0 Å². The van der Waals surface area contributed by atoms with Gasteiger partial charge in [-0.25, -0.2) is 0 Å². The Morgan fingerprint density at radius 1 is 1.31 bits per heavy atom. The van der Waals surface area contributed by atoms with Gasteiger partial charge in [0.15, 0.2) is 0 Å². The van der Waals surface area contributed by atoms with Crippen molar-refractivity contribution < 1.29 is 4.79 Å². The summed E-state index contributed by atoms with van der Waals surface area (Å²) in [7, 11) is 0. The summed E-state index contributed by atoms with van der Waals surface area (Å²) in [5, 5.41) is 3.19. The molecule has 0 radical (unpaired) electrons. The molecular weight excluding hydrogens is 200 g/mol. The van der Waals surface area contributed by atoms with E-state index in [1.165, 1.54) is 16.7 Å². The number of primary amides is 1. The molecule has 2 atom stereocenters. The Kier molecular flexibility index (Phi) is 4.07. The largest absolute Gasteiger partial charge is 0.368 e. The maximum Gasteiger partial charge on any atom is 0.234 e. The van der Waals surface area contributed by atoms with Gasteiger partial charge in [-0.15, -0.1) is 0 Å². The maximum absolute atomic E-state index is 11.0. The van der Waals surface area contributed by atoms with Crippen LogP contribution in [0.5, 0.6) is 0 Å². The van der Waals surface area contributed by atoms with E-state index in [1.54, 1.807) is 6.92 Å². The van der Waals surface area contributed by atoms with Crippen LogP contribution >= 0.6 is 0 Å². The summed E-state index contributed by atoms with van der Waals surface area (Å²) in [5.41, 5.74) is 8.89. The number of amides is 1. The highest BCUT2D eigenvalue weighted by Gasteiger charge is 2.14. The molecule has 0 heterocycles. The molecule has 0 aliphatic carbocycles. The molecule has 0 aromatic heterocycles. The third-order valence-electron chi connectivity index (χ3n) is 2.83. The summed E-state index contributed by atoms with van der Waals surface area (Å²) in [6, 6.07) is 6.14. The van der Waals surface area contributed by atoms with E-state index in [1.807, 2.05) is 6.92 Å². The number of aryl methyl sites for hydroxylation is 2. The molecule has 2 unspecified atom stereocenters. The number of nitrogens with two attached hydrogens (primary N) is 1. The molecule has 3 N–H and O–H groups in total. The van der Waals surface area contributed by atoms with Gasteiger partial charge in [-0.05, 0) is 38.8 Å². The first-order valence-electron chi connectivity index (χ1n) is 5.54. The molecule has 88 valence electrons. The van der Waals surface area contributed by atoms with Gasteiger partial charge in [0.25, 0.3) is 0 Å². The highest BCUT2D eigenvalue weighted by Crippen LogP contribution is 2.19. The molecule has 16 heavy (non-hydrogen) atoms. The molecule has 0 saturated carbocycles. The summed E-state index contributed by atoms with van der Waals surface area (Å²) >= 11 is 0. The van der Waals surface area contributed by atoms with Gasteiger partial charge in [-0.3, -0.25) is 10.1 Å². The van der Waals surface area contributed by atoms with E-state index in [0.717, 1.165) is 0 Å². The minimum atomic E-state index is -0.322. The van der Waals surface area contributed by atoms with Crippen LogP contribution in [0, 0.1) is 13.8 Å². The maximum atomic E-state index is 11.0. The van der Waals surface area contributed by atoms with Gasteiger partial charge < -0.3 is 5.73 Å². The quantitative estimate of drug-likeness (QED) is 0.813. The lowest BCUT2D eigenvalue weighted by atomic mass is 9.99. The van der Waals surface area contributed by atoms with Gasteiger partial charge in [0.2, 0.25) is 5.91 Å². The third-order valence-corrected chi connectivity index (χ3v) is 2.83. The van der Waals surface area contributed by atoms with Crippen molar-refractivity contribution in [1.29, 1.82) is 0 Å². The average molecular weight is 220 g/mol. The predicted molar refractivity (Wildman–Crippen MR) is 66.1 cm³/mol. The van der Waals surface area contributed by atoms with Crippen molar-refractivity contribution in [2.24, 2.45) is 5.73 Å². The average Bonchev–Trinajstić information content (AvgIpc) is 2.21. The Morgan fingerprint density at radius 3 is 2.50 bits per heavy atom. The minimum Gasteiger partial charge on any atom is -0.368 e. The second kappa shape index (κ2) is 5.12. The molecule has 1 amide bonds. The van der Waals surface area contributed by atoms with E-state index in [4.69, 9.17) is 5.73 Å². The summed E-state index contributed by atoms with van der Waals surface area (Å²) in [6.07, 6.45) is 0. The Hall–Kier alpha value is -1.35. The summed E-state index contributed by atoms with van der Waals surface area (Å²) in [5.74, 6) is -0.322. The number of hydrogen-bond acceptors (Lipinski definition) is 2. The van der Waals surface area contributed by atoms with Crippen LogP contribution < -0.4 is 11.1 Å². The van der Waals surface area contributed by atoms with E-state index in [0.29, 0.717) is 0 Å². The number of rotatable bonds is 4. The van der Waals surface area contributed by atoms with Crippen LogP contribution in [-0.4, -0.2) is 11.9 Å². The Balaban J connectivity index is 2.83. The first-order valence-corrected chi connectivity index (χ1v) is 5.54.